The number of hydrogen-bond acceptors (Lipinski definition) is 3. The van der Waals surface area contributed by atoms with Gasteiger partial charge in [-0.15, -0.1) is 0 Å². The second kappa shape index (κ2) is 4.82. The molecule has 0 radical (unpaired) electrons. The summed E-state index contributed by atoms with van der Waals surface area (Å²) in [5.41, 5.74) is 3.12. The van der Waals surface area contributed by atoms with E-state index in [4.69, 9.17) is 4.42 Å². The molecule has 2 heterocycles. The highest BCUT2D eigenvalue weighted by molar-refractivity contribution is 9.10. The van der Waals surface area contributed by atoms with Crippen molar-refractivity contribution < 1.29 is 4.42 Å². The molecule has 0 spiro atoms. The highest BCUT2D eigenvalue weighted by Gasteiger charge is 2.03. The number of aromatic nitrogens is 1. The van der Waals surface area contributed by atoms with Crippen LogP contribution in [0, 0.1) is 0 Å². The minimum absolute atomic E-state index is 0.730. The van der Waals surface area contributed by atoms with Gasteiger partial charge in [-0.3, -0.25) is 4.98 Å². The van der Waals surface area contributed by atoms with Crippen LogP contribution in [-0.4, -0.2) is 4.98 Å². The average Bonchev–Trinajstić information content (AvgIpc) is 2.89. The lowest BCUT2D eigenvalue weighted by atomic mass is 10.2. The molecule has 4 heteroatoms. The van der Waals surface area contributed by atoms with Gasteiger partial charge in [-0.05, 0) is 34.1 Å². The zero-order valence-electron chi connectivity index (χ0n) is 9.56. The molecule has 90 valence electrons. The Kier molecular flexibility index (Phi) is 3.02. The van der Waals surface area contributed by atoms with Crippen molar-refractivity contribution in [3.63, 3.8) is 0 Å². The molecule has 0 unspecified atom stereocenters. The monoisotopic (exact) mass is 302 g/mol. The van der Waals surface area contributed by atoms with E-state index < -0.39 is 0 Å². The van der Waals surface area contributed by atoms with E-state index in [1.807, 2.05) is 24.4 Å². The maximum absolute atomic E-state index is 5.04. The third-order valence-electron chi connectivity index (χ3n) is 2.74. The largest absolute Gasteiger partial charge is 0.472 e. The molecule has 0 amide bonds. The molecule has 3 aromatic rings. The number of anilines is 1. The van der Waals surface area contributed by atoms with E-state index in [1.165, 1.54) is 0 Å². The molecule has 0 atom stereocenters. The topological polar surface area (TPSA) is 38.1 Å². The summed E-state index contributed by atoms with van der Waals surface area (Å²) >= 11 is 3.43. The first-order chi connectivity index (χ1) is 8.83. The van der Waals surface area contributed by atoms with Crippen LogP contribution < -0.4 is 5.32 Å². The molecule has 0 saturated carbocycles. The Morgan fingerprint density at radius 2 is 2.22 bits per heavy atom. The number of halogens is 1. The third-order valence-corrected chi connectivity index (χ3v) is 3.17. The molecule has 0 aliphatic heterocycles. The zero-order chi connectivity index (χ0) is 12.4. The average molecular weight is 303 g/mol. The molecular weight excluding hydrogens is 292 g/mol. The van der Waals surface area contributed by atoms with E-state index in [1.54, 1.807) is 12.5 Å². The summed E-state index contributed by atoms with van der Waals surface area (Å²) in [6.45, 7) is 0.730. The van der Waals surface area contributed by atoms with Crippen molar-refractivity contribution in [3.05, 3.63) is 59.1 Å². The smallest absolute Gasteiger partial charge is 0.0952 e. The zero-order valence-corrected chi connectivity index (χ0v) is 11.1. The molecule has 0 saturated heterocycles. The predicted octanol–water partition coefficient (Wildman–Crippen LogP) is 4.20. The van der Waals surface area contributed by atoms with E-state index in [9.17, 15) is 0 Å². The van der Waals surface area contributed by atoms with Crippen molar-refractivity contribution >= 4 is 32.5 Å². The number of nitrogens with zero attached hydrogens (tertiary/aromatic N) is 1. The van der Waals surface area contributed by atoms with Crippen molar-refractivity contribution in [3.8, 4) is 0 Å². The summed E-state index contributed by atoms with van der Waals surface area (Å²) in [7, 11) is 0. The fourth-order valence-corrected chi connectivity index (χ4v) is 2.22. The molecule has 2 aromatic heterocycles. The van der Waals surface area contributed by atoms with Gasteiger partial charge in [0.1, 0.15) is 0 Å². The number of fused-ring (bicyclic) bond motifs is 1. The lowest BCUT2D eigenvalue weighted by molar-refractivity contribution is 0.564. The highest BCUT2D eigenvalue weighted by Crippen LogP contribution is 2.24. The van der Waals surface area contributed by atoms with Gasteiger partial charge in [0.2, 0.25) is 0 Å². The summed E-state index contributed by atoms with van der Waals surface area (Å²) in [6, 6.07) is 10.1. The van der Waals surface area contributed by atoms with E-state index >= 15 is 0 Å². The molecule has 0 aliphatic rings. The van der Waals surface area contributed by atoms with Crippen molar-refractivity contribution in [1.29, 1.82) is 0 Å². The summed E-state index contributed by atoms with van der Waals surface area (Å²) in [5.74, 6) is 0. The molecule has 3 rings (SSSR count). The molecule has 0 aliphatic carbocycles. The fraction of sp³-hybridized carbons (Fsp3) is 0.0714. The molecule has 1 aromatic carbocycles. The number of hydrogen-bond donors (Lipinski definition) is 1. The van der Waals surface area contributed by atoms with Gasteiger partial charge in [0.25, 0.3) is 0 Å². The molecular formula is C14H11BrN2O. The Labute approximate surface area is 113 Å². The van der Waals surface area contributed by atoms with E-state index in [2.05, 4.69) is 38.4 Å². The van der Waals surface area contributed by atoms with Gasteiger partial charge in [-0.1, -0.05) is 12.1 Å². The Bertz CT molecular complexity index is 665. The van der Waals surface area contributed by atoms with Gasteiger partial charge in [0.05, 0.1) is 23.7 Å². The SMILES string of the molecule is Brc1cnc2c(NCc3ccoc3)cccc2c1. The van der Waals surface area contributed by atoms with Gasteiger partial charge in [0, 0.05) is 28.2 Å². The second-order valence-corrected chi connectivity index (χ2v) is 4.93. The van der Waals surface area contributed by atoms with Crippen molar-refractivity contribution in [2.24, 2.45) is 0 Å². The summed E-state index contributed by atoms with van der Waals surface area (Å²) in [4.78, 5) is 4.45. The van der Waals surface area contributed by atoms with Gasteiger partial charge in [-0.25, -0.2) is 0 Å². The van der Waals surface area contributed by atoms with Crippen LogP contribution in [0.5, 0.6) is 0 Å². The van der Waals surface area contributed by atoms with Crippen LogP contribution in [0.1, 0.15) is 5.56 Å². The van der Waals surface area contributed by atoms with Crippen LogP contribution in [0.4, 0.5) is 5.69 Å². The Morgan fingerprint density at radius 3 is 3.06 bits per heavy atom. The van der Waals surface area contributed by atoms with Crippen LogP contribution in [0.15, 0.2) is 57.9 Å². The van der Waals surface area contributed by atoms with Crippen molar-refractivity contribution in [1.82, 2.24) is 4.98 Å². The van der Waals surface area contributed by atoms with Crippen LogP contribution >= 0.6 is 15.9 Å². The van der Waals surface area contributed by atoms with Gasteiger partial charge >= 0.3 is 0 Å². The number of pyridine rings is 1. The van der Waals surface area contributed by atoms with Gasteiger partial charge in [-0.2, -0.15) is 0 Å². The van der Waals surface area contributed by atoms with Crippen molar-refractivity contribution in [2.45, 2.75) is 6.54 Å². The van der Waals surface area contributed by atoms with Crippen LogP contribution in [0.3, 0.4) is 0 Å². The van der Waals surface area contributed by atoms with E-state index in [0.717, 1.165) is 33.2 Å². The maximum Gasteiger partial charge on any atom is 0.0952 e. The molecule has 3 nitrogen and oxygen atoms in total. The first-order valence-corrected chi connectivity index (χ1v) is 6.41. The molecule has 18 heavy (non-hydrogen) atoms. The number of nitrogens with one attached hydrogen (secondary N) is 1. The van der Waals surface area contributed by atoms with Crippen LogP contribution in [0.2, 0.25) is 0 Å². The van der Waals surface area contributed by atoms with Gasteiger partial charge in [0.15, 0.2) is 0 Å². The summed E-state index contributed by atoms with van der Waals surface area (Å²) < 4.78 is 6.03. The maximum atomic E-state index is 5.04. The predicted molar refractivity (Wildman–Crippen MR) is 75.5 cm³/mol. The summed E-state index contributed by atoms with van der Waals surface area (Å²) in [6.07, 6.45) is 5.23. The number of para-hydroxylation sites is 1. The van der Waals surface area contributed by atoms with E-state index in [0.29, 0.717) is 0 Å². The number of benzene rings is 1. The number of rotatable bonds is 3. The standard InChI is InChI=1S/C14H11BrN2O/c15-12-6-11-2-1-3-13(14(11)17-8-12)16-7-10-4-5-18-9-10/h1-6,8-9,16H,7H2. The molecule has 0 fully saturated rings. The normalized spacial score (nSPS) is 10.7. The Hall–Kier alpha value is -1.81. The Morgan fingerprint density at radius 1 is 1.28 bits per heavy atom. The molecule has 1 N–H and O–H groups in total. The lowest BCUT2D eigenvalue weighted by Gasteiger charge is -2.08. The highest BCUT2D eigenvalue weighted by atomic mass is 79.9. The fourth-order valence-electron chi connectivity index (χ4n) is 1.87. The van der Waals surface area contributed by atoms with Gasteiger partial charge < -0.3 is 9.73 Å². The second-order valence-electron chi connectivity index (χ2n) is 4.02. The molecule has 0 bridgehead atoms. The quantitative estimate of drug-likeness (QED) is 0.788. The van der Waals surface area contributed by atoms with Crippen molar-refractivity contribution in [2.75, 3.05) is 5.32 Å². The minimum atomic E-state index is 0.730. The lowest BCUT2D eigenvalue weighted by Crippen LogP contribution is -1.99. The first-order valence-electron chi connectivity index (χ1n) is 5.62. The Balaban J connectivity index is 1.92. The first kappa shape index (κ1) is 11.3. The number of furan rings is 1. The minimum Gasteiger partial charge on any atom is -0.472 e. The van der Waals surface area contributed by atoms with Crippen LogP contribution in [0.25, 0.3) is 10.9 Å². The summed E-state index contributed by atoms with van der Waals surface area (Å²) in [5, 5.41) is 4.48. The third kappa shape index (κ3) is 2.24. The van der Waals surface area contributed by atoms with Crippen LogP contribution in [-0.2, 0) is 6.54 Å². The van der Waals surface area contributed by atoms with E-state index in [-0.39, 0.29) is 0 Å².